The minimum absolute atomic E-state index is 0.00454. The van der Waals surface area contributed by atoms with Gasteiger partial charge in [-0.25, -0.2) is 8.42 Å². The number of hydrogen-bond donors (Lipinski definition) is 1. The normalized spacial score (nSPS) is 17.7. The lowest BCUT2D eigenvalue weighted by Gasteiger charge is -2.35. The van der Waals surface area contributed by atoms with Gasteiger partial charge in [0.05, 0.1) is 11.9 Å². The molecule has 0 spiro atoms. The lowest BCUT2D eigenvalue weighted by Crippen LogP contribution is -2.40. The van der Waals surface area contributed by atoms with Gasteiger partial charge in [-0.3, -0.25) is 9.10 Å². The summed E-state index contributed by atoms with van der Waals surface area (Å²) in [4.78, 5) is 14.8. The monoisotopic (exact) mass is 437 g/mol. The first-order valence-electron chi connectivity index (χ1n) is 11.3. The van der Waals surface area contributed by atoms with Crippen molar-refractivity contribution < 1.29 is 13.2 Å². The Bertz CT molecular complexity index is 795. The van der Waals surface area contributed by atoms with Crippen LogP contribution in [0.5, 0.6) is 0 Å². The smallest absolute Gasteiger partial charge is 0.232 e. The molecule has 1 aromatic rings. The molecular formula is C23H39N3O3S. The van der Waals surface area contributed by atoms with Crippen LogP contribution in [0.15, 0.2) is 18.2 Å². The van der Waals surface area contributed by atoms with Crippen LogP contribution in [0.3, 0.4) is 0 Å². The van der Waals surface area contributed by atoms with Crippen molar-refractivity contribution in [3.8, 4) is 0 Å². The Morgan fingerprint density at radius 2 is 2.00 bits per heavy atom. The van der Waals surface area contributed by atoms with Gasteiger partial charge in [0.1, 0.15) is 0 Å². The van der Waals surface area contributed by atoms with Crippen molar-refractivity contribution in [2.45, 2.75) is 71.8 Å². The fourth-order valence-electron chi connectivity index (χ4n) is 4.27. The highest BCUT2D eigenvalue weighted by Crippen LogP contribution is 2.25. The quantitative estimate of drug-likeness (QED) is 0.537. The third-order valence-electron chi connectivity index (χ3n) is 6.17. The van der Waals surface area contributed by atoms with Gasteiger partial charge in [0.2, 0.25) is 15.9 Å². The topological polar surface area (TPSA) is 69.7 Å². The Balaban J connectivity index is 1.76. The van der Waals surface area contributed by atoms with Gasteiger partial charge in [0.15, 0.2) is 0 Å². The van der Waals surface area contributed by atoms with E-state index in [1.165, 1.54) is 42.8 Å². The maximum atomic E-state index is 12.3. The lowest BCUT2D eigenvalue weighted by atomic mass is 10.00. The van der Waals surface area contributed by atoms with E-state index in [1.807, 2.05) is 32.0 Å². The molecule has 0 radical (unpaired) electrons. The van der Waals surface area contributed by atoms with Gasteiger partial charge in [-0.1, -0.05) is 25.5 Å². The van der Waals surface area contributed by atoms with Gasteiger partial charge >= 0.3 is 0 Å². The second-order valence-corrected chi connectivity index (χ2v) is 10.4. The Morgan fingerprint density at radius 3 is 2.70 bits per heavy atom. The number of anilines is 1. The SMILES string of the molecule is CCC1CCCCN1CCCNC(=O)CCCN(c1cccc(C)c1C)S(C)(=O)=O. The molecule has 1 aromatic carbocycles. The summed E-state index contributed by atoms with van der Waals surface area (Å²) in [6, 6.07) is 6.36. The van der Waals surface area contributed by atoms with Crippen molar-refractivity contribution in [3.63, 3.8) is 0 Å². The number of piperidine rings is 1. The third-order valence-corrected chi connectivity index (χ3v) is 7.35. The zero-order valence-electron chi connectivity index (χ0n) is 19.1. The number of nitrogens with zero attached hydrogens (tertiary/aromatic N) is 2. The molecule has 6 nitrogen and oxygen atoms in total. The van der Waals surface area contributed by atoms with E-state index < -0.39 is 10.0 Å². The summed E-state index contributed by atoms with van der Waals surface area (Å²) in [7, 11) is -3.40. The van der Waals surface area contributed by atoms with Gasteiger partial charge in [0.25, 0.3) is 0 Å². The molecule has 0 saturated carbocycles. The molecule has 30 heavy (non-hydrogen) atoms. The maximum absolute atomic E-state index is 12.3. The number of aryl methyl sites for hydroxylation is 1. The van der Waals surface area contributed by atoms with E-state index in [9.17, 15) is 13.2 Å². The Kier molecular flexibility index (Phi) is 9.62. The molecule has 1 atom stereocenters. The van der Waals surface area contributed by atoms with E-state index in [0.29, 0.717) is 37.7 Å². The van der Waals surface area contributed by atoms with Crippen LogP contribution < -0.4 is 9.62 Å². The summed E-state index contributed by atoms with van der Waals surface area (Å²) < 4.78 is 26.0. The predicted molar refractivity (Wildman–Crippen MR) is 124 cm³/mol. The van der Waals surface area contributed by atoms with E-state index in [0.717, 1.165) is 24.1 Å². The second-order valence-electron chi connectivity index (χ2n) is 8.46. The van der Waals surface area contributed by atoms with Crippen LogP contribution in [0.1, 0.15) is 63.0 Å². The first kappa shape index (κ1) is 24.7. The number of hydrogen-bond acceptors (Lipinski definition) is 4. The molecule has 1 aliphatic rings. The van der Waals surface area contributed by atoms with Crippen molar-refractivity contribution in [2.24, 2.45) is 0 Å². The van der Waals surface area contributed by atoms with Gasteiger partial charge in [-0.2, -0.15) is 0 Å². The number of amides is 1. The summed E-state index contributed by atoms with van der Waals surface area (Å²) >= 11 is 0. The summed E-state index contributed by atoms with van der Waals surface area (Å²) in [5.74, 6) is -0.00454. The second kappa shape index (κ2) is 11.7. The number of carbonyl (C=O) groups is 1. The minimum atomic E-state index is -3.40. The van der Waals surface area contributed by atoms with E-state index in [2.05, 4.69) is 17.1 Å². The van der Waals surface area contributed by atoms with Crippen LogP contribution in [-0.2, 0) is 14.8 Å². The minimum Gasteiger partial charge on any atom is -0.356 e. The third kappa shape index (κ3) is 7.27. The molecule has 170 valence electrons. The fourth-order valence-corrected chi connectivity index (χ4v) is 5.28. The van der Waals surface area contributed by atoms with Gasteiger partial charge in [0, 0.05) is 32.1 Å². The van der Waals surface area contributed by atoms with E-state index in [4.69, 9.17) is 0 Å². The standard InChI is InChI=1S/C23H39N3O3S/c1-5-21-12-6-7-16-25(21)17-10-15-24-23(27)14-9-18-26(30(4,28)29)22-13-8-11-19(2)20(22)3/h8,11,13,21H,5-7,9-10,12,14-18H2,1-4H3,(H,24,27). The van der Waals surface area contributed by atoms with Crippen LogP contribution >= 0.6 is 0 Å². The number of likely N-dealkylation sites (tertiary alicyclic amines) is 1. The molecule has 0 bridgehead atoms. The van der Waals surface area contributed by atoms with Crippen LogP contribution in [0.25, 0.3) is 0 Å². The number of carbonyl (C=O) groups excluding carboxylic acids is 1. The summed E-state index contributed by atoms with van der Waals surface area (Å²) in [6.07, 6.45) is 8.11. The average molecular weight is 438 g/mol. The van der Waals surface area contributed by atoms with Gasteiger partial charge < -0.3 is 10.2 Å². The summed E-state index contributed by atoms with van der Waals surface area (Å²) in [5.41, 5.74) is 2.71. The molecule has 2 rings (SSSR count). The average Bonchev–Trinajstić information content (AvgIpc) is 2.70. The Hall–Kier alpha value is -1.60. The molecule has 0 aliphatic carbocycles. The molecule has 0 aromatic heterocycles. The Morgan fingerprint density at radius 1 is 1.23 bits per heavy atom. The fraction of sp³-hybridized carbons (Fsp3) is 0.696. The zero-order chi connectivity index (χ0) is 22.1. The molecule has 1 aliphatic heterocycles. The van der Waals surface area contributed by atoms with Crippen LogP contribution in [0.4, 0.5) is 5.69 Å². The molecule has 1 fully saturated rings. The van der Waals surface area contributed by atoms with Crippen LogP contribution in [0.2, 0.25) is 0 Å². The number of sulfonamides is 1. The highest BCUT2D eigenvalue weighted by molar-refractivity contribution is 7.92. The molecular weight excluding hydrogens is 398 g/mol. The molecule has 7 heteroatoms. The molecule has 1 heterocycles. The van der Waals surface area contributed by atoms with Crippen molar-refractivity contribution in [2.75, 3.05) is 36.7 Å². The van der Waals surface area contributed by atoms with Gasteiger partial charge in [-0.05, 0) is 69.7 Å². The first-order chi connectivity index (χ1) is 14.2. The number of rotatable bonds is 11. The highest BCUT2D eigenvalue weighted by Gasteiger charge is 2.21. The summed E-state index contributed by atoms with van der Waals surface area (Å²) in [5, 5.41) is 2.99. The zero-order valence-corrected chi connectivity index (χ0v) is 19.9. The van der Waals surface area contributed by atoms with Crippen LogP contribution in [-0.4, -0.2) is 57.7 Å². The molecule has 1 unspecified atom stereocenters. The molecule has 1 amide bonds. The van der Waals surface area contributed by atoms with Crippen molar-refractivity contribution in [3.05, 3.63) is 29.3 Å². The first-order valence-corrected chi connectivity index (χ1v) is 13.1. The molecule has 1 saturated heterocycles. The van der Waals surface area contributed by atoms with Crippen molar-refractivity contribution in [1.29, 1.82) is 0 Å². The predicted octanol–water partition coefficient (Wildman–Crippen LogP) is 3.62. The van der Waals surface area contributed by atoms with Crippen molar-refractivity contribution in [1.82, 2.24) is 10.2 Å². The largest absolute Gasteiger partial charge is 0.356 e. The van der Waals surface area contributed by atoms with Crippen molar-refractivity contribution >= 4 is 21.6 Å². The van der Waals surface area contributed by atoms with Crippen LogP contribution in [0, 0.1) is 13.8 Å². The maximum Gasteiger partial charge on any atom is 0.232 e. The summed E-state index contributed by atoms with van der Waals surface area (Å²) in [6.45, 7) is 9.35. The van der Waals surface area contributed by atoms with E-state index >= 15 is 0 Å². The molecule has 1 N–H and O–H groups in total. The van der Waals surface area contributed by atoms with E-state index in [1.54, 1.807) is 0 Å². The Labute approximate surface area is 183 Å². The lowest BCUT2D eigenvalue weighted by molar-refractivity contribution is -0.121. The highest BCUT2D eigenvalue weighted by atomic mass is 32.2. The van der Waals surface area contributed by atoms with E-state index in [-0.39, 0.29) is 5.91 Å². The number of benzene rings is 1. The van der Waals surface area contributed by atoms with Gasteiger partial charge in [-0.15, -0.1) is 0 Å². The number of nitrogens with one attached hydrogen (secondary N) is 1.